The topological polar surface area (TPSA) is 93.6 Å². The van der Waals surface area contributed by atoms with E-state index < -0.39 is 0 Å². The number of carbonyl (C=O) groups excluding carboxylic acids is 1. The Bertz CT molecular complexity index is 996. The Morgan fingerprint density at radius 3 is 2.86 bits per heavy atom. The lowest BCUT2D eigenvalue weighted by molar-refractivity contribution is -0.929. The van der Waals surface area contributed by atoms with Crippen molar-refractivity contribution < 1.29 is 24.3 Å². The van der Waals surface area contributed by atoms with Gasteiger partial charge in [-0.05, 0) is 19.1 Å². The Kier molecular flexibility index (Phi) is 5.54. The number of quaternary nitrogens is 1. The monoisotopic (exact) mass is 418 g/mol. The summed E-state index contributed by atoms with van der Waals surface area (Å²) in [5, 5.41) is 14.9. The lowest BCUT2D eigenvalue weighted by Gasteiger charge is -2.35. The number of rotatable bonds is 5. The molecular formula is C19H24N5O4S+. The van der Waals surface area contributed by atoms with Crippen LogP contribution in [0.3, 0.4) is 0 Å². The van der Waals surface area contributed by atoms with Crippen molar-refractivity contribution in [3.8, 4) is 11.6 Å². The normalized spacial score (nSPS) is 16.1. The van der Waals surface area contributed by atoms with Crippen LogP contribution >= 0.6 is 11.3 Å². The number of ether oxygens (including phenoxy) is 2. The van der Waals surface area contributed by atoms with Crippen molar-refractivity contribution in [3.05, 3.63) is 41.0 Å². The maximum Gasteiger partial charge on any atom is 0.410 e. The van der Waals surface area contributed by atoms with E-state index in [1.165, 1.54) is 27.1 Å². The van der Waals surface area contributed by atoms with Crippen molar-refractivity contribution in [3.63, 3.8) is 0 Å². The van der Waals surface area contributed by atoms with E-state index in [2.05, 4.69) is 10.1 Å². The number of amides is 1. The fourth-order valence-electron chi connectivity index (χ4n) is 3.76. The molecule has 9 nitrogen and oxygen atoms in total. The molecule has 29 heavy (non-hydrogen) atoms. The van der Waals surface area contributed by atoms with Gasteiger partial charge in [0.2, 0.25) is 10.8 Å². The van der Waals surface area contributed by atoms with Crippen LogP contribution in [-0.4, -0.2) is 70.6 Å². The first-order valence-electron chi connectivity index (χ1n) is 9.54. The van der Waals surface area contributed by atoms with Crippen molar-refractivity contribution in [1.82, 2.24) is 19.5 Å². The maximum atomic E-state index is 12.1. The molecule has 154 valence electrons. The zero-order chi connectivity index (χ0) is 20.4. The molecule has 3 aromatic rings. The van der Waals surface area contributed by atoms with E-state index in [4.69, 9.17) is 9.47 Å². The predicted molar refractivity (Wildman–Crippen MR) is 107 cm³/mol. The zero-order valence-electron chi connectivity index (χ0n) is 16.4. The molecule has 1 amide bonds. The maximum absolute atomic E-state index is 12.1. The average Bonchev–Trinajstić information content (AvgIpc) is 3.32. The summed E-state index contributed by atoms with van der Waals surface area (Å²) in [6.45, 7) is 4.82. The highest BCUT2D eigenvalue weighted by Gasteiger charge is 2.36. The molecule has 1 saturated heterocycles. The third-order valence-electron chi connectivity index (χ3n) is 5.17. The molecular weight excluding hydrogens is 394 g/mol. The van der Waals surface area contributed by atoms with Gasteiger partial charge in [0.1, 0.15) is 17.0 Å². The number of methoxy groups -OCH3 is 1. The second-order valence-electron chi connectivity index (χ2n) is 6.80. The van der Waals surface area contributed by atoms with Crippen LogP contribution in [0.5, 0.6) is 11.6 Å². The first-order valence-corrected chi connectivity index (χ1v) is 10.4. The zero-order valence-corrected chi connectivity index (χ0v) is 17.2. The quantitative estimate of drug-likeness (QED) is 0.641. The summed E-state index contributed by atoms with van der Waals surface area (Å²) in [4.78, 5) is 20.7. The number of nitrogens with one attached hydrogen (secondary N) is 1. The summed E-state index contributed by atoms with van der Waals surface area (Å²) in [6.07, 6.45) is 1.16. The molecule has 0 saturated carbocycles. The van der Waals surface area contributed by atoms with E-state index in [1.807, 2.05) is 31.2 Å². The van der Waals surface area contributed by atoms with Gasteiger partial charge in [-0.3, -0.25) is 4.90 Å². The van der Waals surface area contributed by atoms with Crippen molar-refractivity contribution in [2.45, 2.75) is 13.0 Å². The number of hydrogen-bond acceptors (Lipinski definition) is 7. The highest BCUT2D eigenvalue weighted by Crippen LogP contribution is 2.35. The van der Waals surface area contributed by atoms with Gasteiger partial charge in [0.15, 0.2) is 6.04 Å². The van der Waals surface area contributed by atoms with Gasteiger partial charge in [-0.2, -0.15) is 9.61 Å². The van der Waals surface area contributed by atoms with Crippen molar-refractivity contribution in [1.29, 1.82) is 0 Å². The van der Waals surface area contributed by atoms with E-state index >= 15 is 0 Å². The van der Waals surface area contributed by atoms with Crippen LogP contribution in [0.1, 0.15) is 23.4 Å². The Morgan fingerprint density at radius 1 is 1.38 bits per heavy atom. The van der Waals surface area contributed by atoms with Crippen LogP contribution in [0, 0.1) is 0 Å². The molecule has 0 spiro atoms. The fraction of sp³-hybridized carbons (Fsp3) is 0.421. The van der Waals surface area contributed by atoms with Crippen molar-refractivity contribution in [2.24, 2.45) is 0 Å². The average molecular weight is 418 g/mol. The largest absolute Gasteiger partial charge is 0.497 e. The Labute approximate surface area is 172 Å². The lowest BCUT2D eigenvalue weighted by Crippen LogP contribution is -3.15. The molecule has 1 aliphatic heterocycles. The van der Waals surface area contributed by atoms with Crippen LogP contribution in [0.4, 0.5) is 4.79 Å². The number of piperazine rings is 1. The summed E-state index contributed by atoms with van der Waals surface area (Å²) in [5.74, 6) is 0.867. The fourth-order valence-corrected chi connectivity index (χ4v) is 4.87. The van der Waals surface area contributed by atoms with E-state index in [0.29, 0.717) is 24.7 Å². The highest BCUT2D eigenvalue weighted by atomic mass is 32.1. The number of nitrogens with zero attached hydrogens (tertiary/aromatic N) is 4. The Morgan fingerprint density at radius 2 is 2.17 bits per heavy atom. The van der Waals surface area contributed by atoms with Crippen LogP contribution < -0.4 is 9.64 Å². The SMILES string of the molecule is CCOC(=O)N1CC[NH+]([C@H](c2cccc(OC)c2)c2sc3ncnn3c2O)CC1. The van der Waals surface area contributed by atoms with Crippen molar-refractivity contribution >= 4 is 22.4 Å². The minimum Gasteiger partial charge on any atom is -0.497 e. The molecule has 2 N–H and O–H groups in total. The Hall–Kier alpha value is -2.85. The number of thiazole rings is 1. The molecule has 0 bridgehead atoms. The number of benzene rings is 1. The molecule has 3 heterocycles. The number of aromatic hydroxyl groups is 1. The van der Waals surface area contributed by atoms with Crippen molar-refractivity contribution in [2.75, 3.05) is 39.9 Å². The van der Waals surface area contributed by atoms with Gasteiger partial charge in [0.05, 0.1) is 39.9 Å². The van der Waals surface area contributed by atoms with E-state index in [0.717, 1.165) is 29.3 Å². The number of carbonyl (C=O) groups is 1. The van der Waals surface area contributed by atoms with Crippen LogP contribution in [0.15, 0.2) is 30.6 Å². The third-order valence-corrected chi connectivity index (χ3v) is 6.27. The van der Waals surface area contributed by atoms with Gasteiger partial charge in [0.25, 0.3) is 0 Å². The molecule has 1 aromatic carbocycles. The summed E-state index contributed by atoms with van der Waals surface area (Å²) < 4.78 is 12.0. The van der Waals surface area contributed by atoms with E-state index in [-0.39, 0.29) is 18.0 Å². The molecule has 4 rings (SSSR count). The lowest BCUT2D eigenvalue weighted by atomic mass is 10.0. The summed E-state index contributed by atoms with van der Waals surface area (Å²) >= 11 is 1.43. The molecule has 2 aromatic heterocycles. The Balaban J connectivity index is 1.67. The van der Waals surface area contributed by atoms with Crippen LogP contribution in [0.25, 0.3) is 4.96 Å². The second-order valence-corrected chi connectivity index (χ2v) is 7.81. The summed E-state index contributed by atoms with van der Waals surface area (Å²) in [7, 11) is 1.64. The molecule has 1 aliphatic rings. The molecule has 1 atom stereocenters. The minimum atomic E-state index is -0.272. The minimum absolute atomic E-state index is 0.107. The summed E-state index contributed by atoms with van der Waals surface area (Å²) in [5.41, 5.74) is 1.03. The standard InChI is InChI=1S/C19H23N5O4S/c1-3-28-19(26)23-9-7-22(8-10-23)15(13-5-4-6-14(11-13)27-2)16-17(25)24-18(29-16)20-12-21-24/h4-6,11-12,15,25H,3,7-10H2,1-2H3/p+1/t15-/m1/s1. The van der Waals surface area contributed by atoms with Gasteiger partial charge in [-0.15, -0.1) is 0 Å². The first kappa shape index (κ1) is 19.5. The first-order chi connectivity index (χ1) is 14.1. The molecule has 0 unspecified atom stereocenters. The van der Waals surface area contributed by atoms with Gasteiger partial charge in [0, 0.05) is 5.56 Å². The van der Waals surface area contributed by atoms with Crippen LogP contribution in [0.2, 0.25) is 0 Å². The molecule has 10 heteroatoms. The van der Waals surface area contributed by atoms with E-state index in [9.17, 15) is 9.90 Å². The van der Waals surface area contributed by atoms with Gasteiger partial charge in [-0.25, -0.2) is 9.78 Å². The molecule has 0 aliphatic carbocycles. The number of fused-ring (bicyclic) bond motifs is 1. The molecule has 1 fully saturated rings. The summed E-state index contributed by atoms with van der Waals surface area (Å²) in [6, 6.07) is 7.75. The van der Waals surface area contributed by atoms with Gasteiger partial charge in [-0.1, -0.05) is 23.5 Å². The number of hydrogen-bond donors (Lipinski definition) is 2. The smallest absolute Gasteiger partial charge is 0.410 e. The molecule has 0 radical (unpaired) electrons. The van der Waals surface area contributed by atoms with Crippen LogP contribution in [-0.2, 0) is 4.74 Å². The predicted octanol–water partition coefficient (Wildman–Crippen LogP) is 0.951. The third kappa shape index (κ3) is 3.73. The van der Waals surface area contributed by atoms with Gasteiger partial charge < -0.3 is 19.5 Å². The highest BCUT2D eigenvalue weighted by molar-refractivity contribution is 7.17. The van der Waals surface area contributed by atoms with E-state index in [1.54, 1.807) is 12.0 Å². The number of aromatic nitrogens is 3. The van der Waals surface area contributed by atoms with Gasteiger partial charge >= 0.3 is 6.09 Å². The second kappa shape index (κ2) is 8.26.